The molecule has 1 rings (SSSR count). The Kier molecular flexibility index (Phi) is 3.58. The molecule has 1 amide bonds. The van der Waals surface area contributed by atoms with E-state index >= 15 is 0 Å². The molecule has 0 aliphatic rings. The predicted octanol–water partition coefficient (Wildman–Crippen LogP) is -0.500. The van der Waals surface area contributed by atoms with Gasteiger partial charge in [0, 0.05) is 7.05 Å². The molecule has 0 saturated heterocycles. The molecule has 0 spiro atoms. The zero-order valence-electron chi connectivity index (χ0n) is 8.40. The number of hydrogen-bond donors (Lipinski definition) is 2. The van der Waals surface area contributed by atoms with Crippen molar-refractivity contribution in [1.29, 1.82) is 0 Å². The van der Waals surface area contributed by atoms with E-state index in [1.165, 1.54) is 11.2 Å². The second-order valence-corrected chi connectivity index (χ2v) is 3.14. The van der Waals surface area contributed by atoms with Gasteiger partial charge < -0.3 is 10.6 Å². The maximum Gasteiger partial charge on any atom is 0.239 e. The molecule has 1 atom stereocenters. The fourth-order valence-electron chi connectivity index (χ4n) is 1.07. The minimum Gasteiger partial charge on any atom is -0.337 e. The molecule has 0 bridgehead atoms. The van der Waals surface area contributed by atoms with Gasteiger partial charge in [0.2, 0.25) is 5.91 Å². The Hall–Kier alpha value is -1.43. The van der Waals surface area contributed by atoms with Crippen molar-refractivity contribution in [3.8, 4) is 0 Å². The lowest BCUT2D eigenvalue weighted by atomic mass is 10.2. The molecule has 6 heteroatoms. The van der Waals surface area contributed by atoms with Crippen LogP contribution in [0.5, 0.6) is 0 Å². The molecule has 0 fully saturated rings. The maximum absolute atomic E-state index is 11.5. The van der Waals surface area contributed by atoms with E-state index in [0.717, 1.165) is 0 Å². The van der Waals surface area contributed by atoms with Gasteiger partial charge >= 0.3 is 0 Å². The SMILES string of the molecule is CC[C@@H](N)C(=O)N(C)Cc1ncn[nH]1. The fraction of sp³-hybridized carbons (Fsp3) is 0.625. The predicted molar refractivity (Wildman–Crippen MR) is 51.1 cm³/mol. The largest absolute Gasteiger partial charge is 0.337 e. The van der Waals surface area contributed by atoms with Gasteiger partial charge in [0.25, 0.3) is 0 Å². The molecule has 0 unspecified atom stereocenters. The minimum absolute atomic E-state index is 0.0797. The Balaban J connectivity index is 2.50. The number of H-pyrrole nitrogens is 1. The number of aromatic nitrogens is 3. The van der Waals surface area contributed by atoms with Crippen molar-refractivity contribution in [2.24, 2.45) is 5.73 Å². The molecule has 6 nitrogen and oxygen atoms in total. The van der Waals surface area contributed by atoms with Gasteiger partial charge in [-0.2, -0.15) is 5.10 Å². The van der Waals surface area contributed by atoms with Crippen molar-refractivity contribution in [3.63, 3.8) is 0 Å². The fourth-order valence-corrected chi connectivity index (χ4v) is 1.07. The van der Waals surface area contributed by atoms with E-state index in [1.807, 2.05) is 6.92 Å². The molecule has 1 heterocycles. The molecule has 0 radical (unpaired) electrons. The van der Waals surface area contributed by atoms with E-state index in [9.17, 15) is 4.79 Å². The van der Waals surface area contributed by atoms with Gasteiger partial charge in [-0.25, -0.2) is 4.98 Å². The third-order valence-electron chi connectivity index (χ3n) is 1.99. The van der Waals surface area contributed by atoms with E-state index in [1.54, 1.807) is 7.05 Å². The summed E-state index contributed by atoms with van der Waals surface area (Å²) in [5.41, 5.74) is 5.61. The first-order valence-corrected chi connectivity index (χ1v) is 4.50. The molecule has 0 saturated carbocycles. The molecule has 0 aromatic carbocycles. The zero-order chi connectivity index (χ0) is 10.6. The van der Waals surface area contributed by atoms with Gasteiger partial charge in [0.1, 0.15) is 12.2 Å². The number of nitrogens with zero attached hydrogens (tertiary/aromatic N) is 3. The molecule has 0 aliphatic carbocycles. The second-order valence-electron chi connectivity index (χ2n) is 3.14. The summed E-state index contributed by atoms with van der Waals surface area (Å²) >= 11 is 0. The maximum atomic E-state index is 11.5. The lowest BCUT2D eigenvalue weighted by molar-refractivity contribution is -0.131. The molecule has 1 aromatic heterocycles. The zero-order valence-corrected chi connectivity index (χ0v) is 8.40. The average Bonchev–Trinajstić information content (AvgIpc) is 2.68. The monoisotopic (exact) mass is 197 g/mol. The van der Waals surface area contributed by atoms with Crippen LogP contribution < -0.4 is 5.73 Å². The van der Waals surface area contributed by atoms with Crippen LogP contribution in [0.1, 0.15) is 19.2 Å². The molecule has 1 aromatic rings. The van der Waals surface area contributed by atoms with Crippen LogP contribution in [-0.2, 0) is 11.3 Å². The van der Waals surface area contributed by atoms with Crippen LogP contribution >= 0.6 is 0 Å². The minimum atomic E-state index is -0.428. The van der Waals surface area contributed by atoms with Crippen LogP contribution in [0.2, 0.25) is 0 Å². The number of amides is 1. The Labute approximate surface area is 82.5 Å². The number of carbonyl (C=O) groups excluding carboxylic acids is 1. The van der Waals surface area contributed by atoms with Crippen molar-refractivity contribution in [2.75, 3.05) is 7.05 Å². The van der Waals surface area contributed by atoms with Crippen LogP contribution in [-0.4, -0.2) is 39.1 Å². The molecule has 78 valence electrons. The summed E-state index contributed by atoms with van der Waals surface area (Å²) < 4.78 is 0. The van der Waals surface area contributed by atoms with Crippen molar-refractivity contribution >= 4 is 5.91 Å². The number of rotatable bonds is 4. The lowest BCUT2D eigenvalue weighted by Gasteiger charge is -2.18. The lowest BCUT2D eigenvalue weighted by Crippen LogP contribution is -2.41. The van der Waals surface area contributed by atoms with Gasteiger partial charge in [-0.15, -0.1) is 0 Å². The number of nitrogens with two attached hydrogens (primary N) is 1. The highest BCUT2D eigenvalue weighted by atomic mass is 16.2. The van der Waals surface area contributed by atoms with Crippen LogP contribution in [0.15, 0.2) is 6.33 Å². The van der Waals surface area contributed by atoms with Crippen molar-refractivity contribution < 1.29 is 4.79 Å². The third-order valence-corrected chi connectivity index (χ3v) is 1.99. The van der Waals surface area contributed by atoms with Gasteiger partial charge in [-0.3, -0.25) is 9.89 Å². The summed E-state index contributed by atoms with van der Waals surface area (Å²) in [6.45, 7) is 2.29. The highest BCUT2D eigenvalue weighted by molar-refractivity contribution is 5.81. The normalized spacial score (nSPS) is 12.5. The van der Waals surface area contributed by atoms with E-state index < -0.39 is 6.04 Å². The average molecular weight is 197 g/mol. The smallest absolute Gasteiger partial charge is 0.239 e. The second kappa shape index (κ2) is 4.71. The number of aromatic amines is 1. The molecule has 14 heavy (non-hydrogen) atoms. The standard InChI is InChI=1S/C8H15N5O/c1-3-6(9)8(14)13(2)4-7-10-5-11-12-7/h5-6H,3-4,9H2,1-2H3,(H,10,11,12)/t6-/m1/s1. The summed E-state index contributed by atoms with van der Waals surface area (Å²) in [6, 6.07) is -0.428. The van der Waals surface area contributed by atoms with E-state index in [2.05, 4.69) is 15.2 Å². The Morgan fingerprint density at radius 1 is 1.79 bits per heavy atom. The number of hydrogen-bond acceptors (Lipinski definition) is 4. The summed E-state index contributed by atoms with van der Waals surface area (Å²) in [5, 5.41) is 6.38. The van der Waals surface area contributed by atoms with Gasteiger partial charge in [-0.1, -0.05) is 6.92 Å². The Morgan fingerprint density at radius 2 is 2.50 bits per heavy atom. The topological polar surface area (TPSA) is 87.9 Å². The van der Waals surface area contributed by atoms with Gasteiger partial charge in [0.15, 0.2) is 0 Å². The van der Waals surface area contributed by atoms with E-state index in [0.29, 0.717) is 18.8 Å². The molecular weight excluding hydrogens is 182 g/mol. The van der Waals surface area contributed by atoms with E-state index in [-0.39, 0.29) is 5.91 Å². The summed E-state index contributed by atoms with van der Waals surface area (Å²) in [4.78, 5) is 17.0. The van der Waals surface area contributed by atoms with Crippen molar-refractivity contribution in [3.05, 3.63) is 12.2 Å². The first-order valence-electron chi connectivity index (χ1n) is 4.50. The van der Waals surface area contributed by atoms with Crippen LogP contribution in [0, 0.1) is 0 Å². The summed E-state index contributed by atoms with van der Waals surface area (Å²) in [5.74, 6) is 0.577. The Morgan fingerprint density at radius 3 is 3.00 bits per heavy atom. The van der Waals surface area contributed by atoms with Crippen molar-refractivity contribution in [2.45, 2.75) is 25.9 Å². The molecular formula is C8H15N5O. The van der Waals surface area contributed by atoms with Crippen molar-refractivity contribution in [1.82, 2.24) is 20.1 Å². The first-order chi connectivity index (χ1) is 6.65. The van der Waals surface area contributed by atoms with Gasteiger partial charge in [0.05, 0.1) is 12.6 Å². The highest BCUT2D eigenvalue weighted by Gasteiger charge is 2.16. The van der Waals surface area contributed by atoms with Crippen LogP contribution in [0.3, 0.4) is 0 Å². The van der Waals surface area contributed by atoms with Crippen LogP contribution in [0.25, 0.3) is 0 Å². The Bertz CT molecular complexity index is 284. The molecule has 0 aliphatic heterocycles. The number of likely N-dealkylation sites (N-methyl/N-ethyl adjacent to an activating group) is 1. The van der Waals surface area contributed by atoms with E-state index in [4.69, 9.17) is 5.73 Å². The summed E-state index contributed by atoms with van der Waals surface area (Å²) in [6.07, 6.45) is 2.05. The quantitative estimate of drug-likeness (QED) is 0.681. The van der Waals surface area contributed by atoms with Gasteiger partial charge in [-0.05, 0) is 6.42 Å². The van der Waals surface area contributed by atoms with Crippen LogP contribution in [0.4, 0.5) is 0 Å². The third kappa shape index (κ3) is 2.53. The number of carbonyl (C=O) groups is 1. The number of nitrogens with one attached hydrogen (secondary N) is 1. The molecule has 3 N–H and O–H groups in total. The summed E-state index contributed by atoms with van der Waals surface area (Å²) in [7, 11) is 1.69. The first kappa shape index (κ1) is 10.6. The highest BCUT2D eigenvalue weighted by Crippen LogP contribution is 1.98.